The second-order valence-electron chi connectivity index (χ2n) is 7.66. The Balaban J connectivity index is 1.48. The minimum atomic E-state index is -0.399. The minimum Gasteiger partial charge on any atom is -0.494 e. The van der Waals surface area contributed by atoms with E-state index in [1.54, 1.807) is 12.1 Å². The molecule has 1 amide bonds. The zero-order valence-corrected chi connectivity index (χ0v) is 18.0. The largest absolute Gasteiger partial charge is 0.494 e. The van der Waals surface area contributed by atoms with E-state index < -0.39 is 5.82 Å². The van der Waals surface area contributed by atoms with E-state index >= 15 is 0 Å². The minimum absolute atomic E-state index is 0.101. The van der Waals surface area contributed by atoms with Crippen LogP contribution in [0.25, 0.3) is 0 Å². The van der Waals surface area contributed by atoms with E-state index in [4.69, 9.17) is 4.74 Å². The number of carbonyl (C=O) groups is 1. The SMILES string of the molecule is CCN1CCN(c2ccc(NC(=O)CN(C)Cc3ccc(OC)c(F)c3)cc2)CC1. The highest BCUT2D eigenvalue weighted by atomic mass is 19.1. The average molecular weight is 415 g/mol. The van der Waals surface area contributed by atoms with Crippen LogP contribution in [0.1, 0.15) is 12.5 Å². The number of carbonyl (C=O) groups excluding carboxylic acids is 1. The summed E-state index contributed by atoms with van der Waals surface area (Å²) in [6.45, 7) is 8.19. The third-order valence-corrected chi connectivity index (χ3v) is 5.42. The second-order valence-corrected chi connectivity index (χ2v) is 7.66. The van der Waals surface area contributed by atoms with Crippen molar-refractivity contribution in [2.75, 3.05) is 63.6 Å². The van der Waals surface area contributed by atoms with Gasteiger partial charge in [0.25, 0.3) is 0 Å². The van der Waals surface area contributed by atoms with E-state index in [1.807, 2.05) is 24.1 Å². The number of amides is 1. The predicted molar refractivity (Wildman–Crippen MR) is 119 cm³/mol. The van der Waals surface area contributed by atoms with Gasteiger partial charge < -0.3 is 19.9 Å². The number of nitrogens with one attached hydrogen (secondary N) is 1. The number of benzene rings is 2. The van der Waals surface area contributed by atoms with Crippen molar-refractivity contribution in [3.8, 4) is 5.75 Å². The van der Waals surface area contributed by atoms with E-state index in [0.29, 0.717) is 6.54 Å². The van der Waals surface area contributed by atoms with Crippen molar-refractivity contribution in [2.45, 2.75) is 13.5 Å². The molecule has 1 N–H and O–H groups in total. The van der Waals surface area contributed by atoms with Crippen LogP contribution in [0.2, 0.25) is 0 Å². The predicted octanol–water partition coefficient (Wildman–Crippen LogP) is 3.05. The molecular weight excluding hydrogens is 383 g/mol. The molecule has 30 heavy (non-hydrogen) atoms. The number of likely N-dealkylation sites (N-methyl/N-ethyl adjacent to an activating group) is 2. The number of hydrogen-bond acceptors (Lipinski definition) is 5. The van der Waals surface area contributed by atoms with Gasteiger partial charge in [-0.2, -0.15) is 0 Å². The van der Waals surface area contributed by atoms with Gasteiger partial charge in [0.1, 0.15) is 0 Å². The van der Waals surface area contributed by atoms with Gasteiger partial charge >= 0.3 is 0 Å². The van der Waals surface area contributed by atoms with Crippen molar-refractivity contribution in [3.63, 3.8) is 0 Å². The maximum atomic E-state index is 13.8. The third-order valence-electron chi connectivity index (χ3n) is 5.42. The highest BCUT2D eigenvalue weighted by molar-refractivity contribution is 5.92. The summed E-state index contributed by atoms with van der Waals surface area (Å²) in [4.78, 5) is 19.0. The second kappa shape index (κ2) is 10.4. The van der Waals surface area contributed by atoms with Gasteiger partial charge in [-0.1, -0.05) is 13.0 Å². The molecule has 2 aromatic carbocycles. The molecule has 0 spiro atoms. The van der Waals surface area contributed by atoms with Crippen LogP contribution in [0, 0.1) is 5.82 Å². The maximum absolute atomic E-state index is 13.8. The topological polar surface area (TPSA) is 48.0 Å². The molecule has 2 aromatic rings. The fourth-order valence-electron chi connectivity index (χ4n) is 3.70. The summed E-state index contributed by atoms with van der Waals surface area (Å²) in [5.74, 6) is -0.283. The van der Waals surface area contributed by atoms with E-state index in [1.165, 1.54) is 18.9 Å². The van der Waals surface area contributed by atoms with Crippen molar-refractivity contribution >= 4 is 17.3 Å². The monoisotopic (exact) mass is 414 g/mol. The first-order valence-corrected chi connectivity index (χ1v) is 10.4. The lowest BCUT2D eigenvalue weighted by Crippen LogP contribution is -2.46. The van der Waals surface area contributed by atoms with E-state index in [-0.39, 0.29) is 18.2 Å². The Bertz CT molecular complexity index is 836. The summed E-state index contributed by atoms with van der Waals surface area (Å²) in [7, 11) is 3.27. The quantitative estimate of drug-likeness (QED) is 0.720. The maximum Gasteiger partial charge on any atom is 0.238 e. The Morgan fingerprint density at radius 3 is 2.43 bits per heavy atom. The zero-order valence-electron chi connectivity index (χ0n) is 18.0. The molecule has 0 aromatic heterocycles. The molecule has 0 radical (unpaired) electrons. The Labute approximate surface area is 178 Å². The normalized spacial score (nSPS) is 14.8. The summed E-state index contributed by atoms with van der Waals surface area (Å²) >= 11 is 0. The van der Waals surface area contributed by atoms with Crippen LogP contribution in [0.5, 0.6) is 5.75 Å². The molecule has 6 nitrogen and oxygen atoms in total. The summed E-state index contributed by atoms with van der Waals surface area (Å²) in [6, 6.07) is 12.8. The van der Waals surface area contributed by atoms with Crippen molar-refractivity contribution in [2.24, 2.45) is 0 Å². The van der Waals surface area contributed by atoms with Crippen LogP contribution in [0.3, 0.4) is 0 Å². The summed E-state index contributed by atoms with van der Waals surface area (Å²) in [6.07, 6.45) is 0. The number of methoxy groups -OCH3 is 1. The van der Waals surface area contributed by atoms with E-state index in [2.05, 4.69) is 34.2 Å². The molecule has 1 aliphatic rings. The van der Waals surface area contributed by atoms with Crippen LogP contribution < -0.4 is 15.0 Å². The molecule has 162 valence electrons. The van der Waals surface area contributed by atoms with Crippen LogP contribution in [-0.4, -0.2) is 69.1 Å². The van der Waals surface area contributed by atoms with Gasteiger partial charge in [-0.15, -0.1) is 0 Å². The highest BCUT2D eigenvalue weighted by Crippen LogP contribution is 2.20. The molecule has 3 rings (SSSR count). The fraction of sp³-hybridized carbons (Fsp3) is 0.435. The summed E-state index contributed by atoms with van der Waals surface area (Å²) < 4.78 is 18.8. The molecule has 0 unspecified atom stereocenters. The molecule has 0 aliphatic carbocycles. The molecule has 1 aliphatic heterocycles. The highest BCUT2D eigenvalue weighted by Gasteiger charge is 2.16. The first-order chi connectivity index (χ1) is 14.5. The Morgan fingerprint density at radius 2 is 1.83 bits per heavy atom. The van der Waals surface area contributed by atoms with Crippen LogP contribution in [0.15, 0.2) is 42.5 Å². The van der Waals surface area contributed by atoms with Crippen molar-refractivity contribution in [1.29, 1.82) is 0 Å². The number of anilines is 2. The lowest BCUT2D eigenvalue weighted by molar-refractivity contribution is -0.117. The summed E-state index contributed by atoms with van der Waals surface area (Å²) in [5, 5.41) is 2.93. The number of piperazine rings is 1. The molecule has 1 saturated heterocycles. The van der Waals surface area contributed by atoms with Crippen molar-refractivity contribution in [3.05, 3.63) is 53.8 Å². The lowest BCUT2D eigenvalue weighted by Gasteiger charge is -2.35. The summed E-state index contributed by atoms with van der Waals surface area (Å²) in [5.41, 5.74) is 2.75. The van der Waals surface area contributed by atoms with Gasteiger partial charge in [0.05, 0.1) is 13.7 Å². The van der Waals surface area contributed by atoms with Gasteiger partial charge in [0.2, 0.25) is 5.91 Å². The number of nitrogens with zero attached hydrogens (tertiary/aromatic N) is 3. The zero-order chi connectivity index (χ0) is 21.5. The van der Waals surface area contributed by atoms with Crippen molar-refractivity contribution in [1.82, 2.24) is 9.80 Å². The first kappa shape index (κ1) is 22.1. The molecule has 7 heteroatoms. The van der Waals surface area contributed by atoms with Crippen LogP contribution >= 0.6 is 0 Å². The number of rotatable bonds is 8. The standard InChI is InChI=1S/C23H31FN4O2/c1-4-27-11-13-28(14-12-27)20-8-6-19(7-9-20)25-23(29)17-26(2)16-18-5-10-22(30-3)21(24)15-18/h5-10,15H,4,11-14,16-17H2,1-3H3,(H,25,29). The van der Waals surface area contributed by atoms with Crippen LogP contribution in [-0.2, 0) is 11.3 Å². The molecule has 0 saturated carbocycles. The smallest absolute Gasteiger partial charge is 0.238 e. The van der Waals surface area contributed by atoms with E-state index in [9.17, 15) is 9.18 Å². The van der Waals surface area contributed by atoms with Gasteiger partial charge in [0.15, 0.2) is 11.6 Å². The molecular formula is C23H31FN4O2. The lowest BCUT2D eigenvalue weighted by atomic mass is 10.2. The molecule has 1 heterocycles. The first-order valence-electron chi connectivity index (χ1n) is 10.4. The molecule has 1 fully saturated rings. The molecule has 0 atom stereocenters. The molecule has 0 bridgehead atoms. The van der Waals surface area contributed by atoms with Crippen LogP contribution in [0.4, 0.5) is 15.8 Å². The number of hydrogen-bond donors (Lipinski definition) is 1. The van der Waals surface area contributed by atoms with Gasteiger partial charge in [-0.05, 0) is 55.6 Å². The Morgan fingerprint density at radius 1 is 1.13 bits per heavy atom. The van der Waals surface area contributed by atoms with Gasteiger partial charge in [-0.3, -0.25) is 9.69 Å². The Hall–Kier alpha value is -2.64. The number of ether oxygens (including phenoxy) is 1. The third kappa shape index (κ3) is 5.93. The Kier molecular flexibility index (Phi) is 7.65. The van der Waals surface area contributed by atoms with Crippen molar-refractivity contribution < 1.29 is 13.9 Å². The van der Waals surface area contributed by atoms with Gasteiger partial charge in [-0.25, -0.2) is 4.39 Å². The average Bonchev–Trinajstić information content (AvgIpc) is 2.74. The van der Waals surface area contributed by atoms with E-state index in [0.717, 1.165) is 44.0 Å². The van der Waals surface area contributed by atoms with Gasteiger partial charge in [0, 0.05) is 44.1 Å². The number of halogens is 1. The fourth-order valence-corrected chi connectivity index (χ4v) is 3.70.